The molecule has 0 bridgehead atoms. The third-order valence-electron chi connectivity index (χ3n) is 4.03. The molecule has 0 aliphatic heterocycles. The Morgan fingerprint density at radius 3 is 2.58 bits per heavy atom. The van der Waals surface area contributed by atoms with Gasteiger partial charge < -0.3 is 4.74 Å². The van der Waals surface area contributed by atoms with E-state index in [1.807, 2.05) is 11.4 Å². The quantitative estimate of drug-likeness (QED) is 0.631. The maximum absolute atomic E-state index is 12.3. The Bertz CT molecular complexity index is 922. The molecule has 3 rings (SSSR count). The monoisotopic (exact) mass is 386 g/mol. The number of benzene rings is 2. The van der Waals surface area contributed by atoms with Crippen LogP contribution in [0.15, 0.2) is 47.8 Å². The molecular formula is C20H19ClN2O2S. The molecule has 0 unspecified atom stereocenters. The molecular weight excluding hydrogens is 368 g/mol. The summed E-state index contributed by atoms with van der Waals surface area (Å²) in [6.45, 7) is 5.85. The highest BCUT2D eigenvalue weighted by atomic mass is 35.5. The first-order valence-electron chi connectivity index (χ1n) is 8.18. The molecule has 0 saturated heterocycles. The number of aromatic nitrogens is 1. The number of rotatable bonds is 5. The molecule has 1 amide bonds. The minimum Gasteiger partial charge on any atom is -0.481 e. The molecule has 0 aliphatic rings. The second kappa shape index (κ2) is 7.89. The van der Waals surface area contributed by atoms with Crippen molar-refractivity contribution in [2.24, 2.45) is 0 Å². The van der Waals surface area contributed by atoms with Crippen LogP contribution in [0.2, 0.25) is 5.02 Å². The van der Waals surface area contributed by atoms with E-state index in [-0.39, 0.29) is 5.91 Å². The first kappa shape index (κ1) is 18.4. The average molecular weight is 387 g/mol. The van der Waals surface area contributed by atoms with Crippen molar-refractivity contribution in [3.8, 4) is 17.0 Å². The van der Waals surface area contributed by atoms with Crippen molar-refractivity contribution >= 4 is 34.0 Å². The predicted molar refractivity (Wildman–Crippen MR) is 107 cm³/mol. The first-order valence-corrected chi connectivity index (χ1v) is 9.44. The third-order valence-corrected chi connectivity index (χ3v) is 5.04. The minimum absolute atomic E-state index is 0.249. The van der Waals surface area contributed by atoms with Gasteiger partial charge in [-0.1, -0.05) is 23.7 Å². The Kier molecular flexibility index (Phi) is 5.59. The number of nitrogens with zero attached hydrogens (tertiary/aromatic N) is 1. The molecule has 134 valence electrons. The summed E-state index contributed by atoms with van der Waals surface area (Å²) in [4.78, 5) is 16.8. The fourth-order valence-corrected chi connectivity index (χ4v) is 3.19. The van der Waals surface area contributed by atoms with Gasteiger partial charge in [0.05, 0.1) is 5.69 Å². The molecule has 1 aromatic heterocycles. The van der Waals surface area contributed by atoms with Gasteiger partial charge in [-0.15, -0.1) is 11.3 Å². The van der Waals surface area contributed by atoms with E-state index >= 15 is 0 Å². The molecule has 2 aromatic carbocycles. The molecule has 0 aliphatic carbocycles. The maximum atomic E-state index is 12.3. The van der Waals surface area contributed by atoms with Crippen molar-refractivity contribution in [2.45, 2.75) is 26.9 Å². The molecule has 0 spiro atoms. The van der Waals surface area contributed by atoms with Gasteiger partial charge in [0.15, 0.2) is 11.2 Å². The lowest BCUT2D eigenvalue weighted by Crippen LogP contribution is -2.30. The first-order chi connectivity index (χ1) is 12.4. The van der Waals surface area contributed by atoms with E-state index in [1.54, 1.807) is 31.2 Å². The SMILES string of the molecule is Cc1ccc(-c2csc(NC(=O)[C@H](C)Oc3ccc(Cl)cc3)n2)cc1C. The van der Waals surface area contributed by atoms with Crippen molar-refractivity contribution in [1.82, 2.24) is 4.98 Å². The van der Waals surface area contributed by atoms with Crippen molar-refractivity contribution < 1.29 is 9.53 Å². The largest absolute Gasteiger partial charge is 0.481 e. The van der Waals surface area contributed by atoms with Gasteiger partial charge in [0.1, 0.15) is 5.75 Å². The van der Waals surface area contributed by atoms with Gasteiger partial charge in [0.25, 0.3) is 5.91 Å². The highest BCUT2D eigenvalue weighted by molar-refractivity contribution is 7.14. The zero-order valence-electron chi connectivity index (χ0n) is 14.7. The fourth-order valence-electron chi connectivity index (χ4n) is 2.34. The summed E-state index contributed by atoms with van der Waals surface area (Å²) in [6, 6.07) is 13.1. The second-order valence-corrected chi connectivity index (χ2v) is 7.33. The summed E-state index contributed by atoms with van der Waals surface area (Å²) >= 11 is 7.24. The smallest absolute Gasteiger partial charge is 0.266 e. The number of hydrogen-bond acceptors (Lipinski definition) is 4. The maximum Gasteiger partial charge on any atom is 0.266 e. The van der Waals surface area contributed by atoms with Crippen LogP contribution in [0.3, 0.4) is 0 Å². The summed E-state index contributed by atoms with van der Waals surface area (Å²) < 4.78 is 5.63. The lowest BCUT2D eigenvalue weighted by Gasteiger charge is -2.13. The van der Waals surface area contributed by atoms with Crippen LogP contribution in [0.1, 0.15) is 18.1 Å². The Hall–Kier alpha value is -2.37. The highest BCUT2D eigenvalue weighted by Crippen LogP contribution is 2.26. The Labute approximate surface area is 161 Å². The number of anilines is 1. The van der Waals surface area contributed by atoms with Gasteiger partial charge >= 0.3 is 0 Å². The fraction of sp³-hybridized carbons (Fsp3) is 0.200. The van der Waals surface area contributed by atoms with E-state index in [0.717, 1.165) is 11.3 Å². The van der Waals surface area contributed by atoms with Crippen LogP contribution in [0.25, 0.3) is 11.3 Å². The molecule has 1 atom stereocenters. The van der Waals surface area contributed by atoms with Crippen molar-refractivity contribution in [3.63, 3.8) is 0 Å². The normalized spacial score (nSPS) is 11.8. The predicted octanol–water partition coefficient (Wildman–Crippen LogP) is 5.49. The Balaban J connectivity index is 1.65. The summed E-state index contributed by atoms with van der Waals surface area (Å²) in [5.74, 6) is 0.341. The molecule has 1 heterocycles. The molecule has 3 aromatic rings. The molecule has 0 saturated carbocycles. The molecule has 0 fully saturated rings. The van der Waals surface area contributed by atoms with Crippen LogP contribution < -0.4 is 10.1 Å². The van der Waals surface area contributed by atoms with Crippen LogP contribution in [0.5, 0.6) is 5.75 Å². The van der Waals surface area contributed by atoms with Crippen molar-refractivity contribution in [3.05, 3.63) is 64.0 Å². The standard InChI is InChI=1S/C20H19ClN2O2S/c1-12-4-5-15(10-13(12)2)18-11-26-20(22-18)23-19(24)14(3)25-17-8-6-16(21)7-9-17/h4-11,14H,1-3H3,(H,22,23,24)/t14-/m0/s1. The minimum atomic E-state index is -0.648. The lowest BCUT2D eigenvalue weighted by molar-refractivity contribution is -0.122. The number of carbonyl (C=O) groups excluding carboxylic acids is 1. The average Bonchev–Trinajstić information content (AvgIpc) is 3.07. The summed E-state index contributed by atoms with van der Waals surface area (Å²) in [5.41, 5.74) is 4.34. The highest BCUT2D eigenvalue weighted by Gasteiger charge is 2.17. The van der Waals surface area contributed by atoms with Gasteiger partial charge in [-0.25, -0.2) is 4.98 Å². The topological polar surface area (TPSA) is 51.2 Å². The number of amides is 1. The molecule has 26 heavy (non-hydrogen) atoms. The van der Waals surface area contributed by atoms with E-state index in [1.165, 1.54) is 22.5 Å². The number of carbonyl (C=O) groups is 1. The number of thiazole rings is 1. The molecule has 6 heteroatoms. The van der Waals surface area contributed by atoms with Gasteiger partial charge in [-0.05, 0) is 62.2 Å². The van der Waals surface area contributed by atoms with E-state index in [9.17, 15) is 4.79 Å². The van der Waals surface area contributed by atoms with Crippen molar-refractivity contribution in [2.75, 3.05) is 5.32 Å². The zero-order valence-corrected chi connectivity index (χ0v) is 16.3. The zero-order chi connectivity index (χ0) is 18.7. The summed E-state index contributed by atoms with van der Waals surface area (Å²) in [7, 11) is 0. The van der Waals surface area contributed by atoms with Crippen LogP contribution in [-0.2, 0) is 4.79 Å². The van der Waals surface area contributed by atoms with Crippen LogP contribution in [-0.4, -0.2) is 17.0 Å². The Morgan fingerprint density at radius 2 is 1.88 bits per heavy atom. The summed E-state index contributed by atoms with van der Waals surface area (Å²) in [6.07, 6.45) is -0.648. The van der Waals surface area contributed by atoms with E-state index in [4.69, 9.17) is 16.3 Å². The van der Waals surface area contributed by atoms with E-state index in [2.05, 4.69) is 36.3 Å². The Morgan fingerprint density at radius 1 is 1.15 bits per heavy atom. The van der Waals surface area contributed by atoms with Crippen LogP contribution >= 0.6 is 22.9 Å². The lowest BCUT2D eigenvalue weighted by atomic mass is 10.1. The van der Waals surface area contributed by atoms with Gasteiger partial charge in [-0.2, -0.15) is 0 Å². The number of hydrogen-bond donors (Lipinski definition) is 1. The van der Waals surface area contributed by atoms with E-state index in [0.29, 0.717) is 15.9 Å². The number of aryl methyl sites for hydroxylation is 2. The molecule has 4 nitrogen and oxygen atoms in total. The molecule has 1 N–H and O–H groups in total. The number of ether oxygens (including phenoxy) is 1. The summed E-state index contributed by atoms with van der Waals surface area (Å²) in [5, 5.41) is 5.91. The molecule has 0 radical (unpaired) electrons. The van der Waals surface area contributed by atoms with Crippen LogP contribution in [0, 0.1) is 13.8 Å². The number of nitrogens with one attached hydrogen (secondary N) is 1. The van der Waals surface area contributed by atoms with Gasteiger partial charge in [0.2, 0.25) is 0 Å². The van der Waals surface area contributed by atoms with E-state index < -0.39 is 6.10 Å². The second-order valence-electron chi connectivity index (χ2n) is 6.04. The number of halogens is 1. The van der Waals surface area contributed by atoms with Gasteiger partial charge in [-0.3, -0.25) is 10.1 Å². The van der Waals surface area contributed by atoms with Crippen LogP contribution in [0.4, 0.5) is 5.13 Å². The van der Waals surface area contributed by atoms with Crippen molar-refractivity contribution in [1.29, 1.82) is 0 Å². The third kappa shape index (κ3) is 4.42. The van der Waals surface area contributed by atoms with Gasteiger partial charge in [0, 0.05) is 16.0 Å².